The number of carbonyl (C=O) groups excluding carboxylic acids is 2. The summed E-state index contributed by atoms with van der Waals surface area (Å²) in [5.74, 6) is -0.396. The Morgan fingerprint density at radius 3 is 2.82 bits per heavy atom. The second-order valence-corrected chi connectivity index (χ2v) is 5.66. The van der Waals surface area contributed by atoms with Crippen molar-refractivity contribution in [2.75, 3.05) is 32.7 Å². The van der Waals surface area contributed by atoms with Gasteiger partial charge in [0.05, 0.1) is 6.54 Å². The molecule has 0 radical (unpaired) electrons. The first-order valence-corrected chi connectivity index (χ1v) is 7.64. The van der Waals surface area contributed by atoms with Crippen molar-refractivity contribution in [2.45, 2.75) is 12.5 Å². The van der Waals surface area contributed by atoms with Gasteiger partial charge in [-0.05, 0) is 24.1 Å². The Morgan fingerprint density at radius 2 is 2.14 bits per heavy atom. The molecule has 2 amide bonds. The summed E-state index contributed by atoms with van der Waals surface area (Å²) < 4.78 is 0. The van der Waals surface area contributed by atoms with E-state index in [-0.39, 0.29) is 5.91 Å². The molecule has 1 aromatic carbocycles. The molecule has 1 aliphatic rings. The third kappa shape index (κ3) is 4.98. The molecule has 22 heavy (non-hydrogen) atoms. The van der Waals surface area contributed by atoms with Crippen LogP contribution in [-0.2, 0) is 9.59 Å². The van der Waals surface area contributed by atoms with Crippen LogP contribution in [0.5, 0.6) is 0 Å². The Hall–Kier alpha value is -1.63. The minimum atomic E-state index is -1.20. The molecule has 0 spiro atoms. The highest BCUT2D eigenvalue weighted by atomic mass is 35.5. The van der Waals surface area contributed by atoms with Crippen LogP contribution in [0.4, 0.5) is 0 Å². The van der Waals surface area contributed by atoms with Crippen molar-refractivity contribution in [3.8, 4) is 0 Å². The van der Waals surface area contributed by atoms with Gasteiger partial charge in [-0.3, -0.25) is 14.5 Å². The van der Waals surface area contributed by atoms with Gasteiger partial charge in [0, 0.05) is 31.2 Å². The Bertz CT molecular complexity index is 521. The summed E-state index contributed by atoms with van der Waals surface area (Å²) in [6.07, 6.45) is -0.468. The standard InChI is InChI=1S/C15H20ClN3O3/c16-12-4-2-11(3-5-12)14(21)15(22)18-6-1-8-19-9-7-17-13(20)10-19/h2-5,14,21H,1,6-10H2,(H,17,20)(H,18,22)/t14-/m0/s1. The lowest BCUT2D eigenvalue weighted by molar-refractivity contribution is -0.129. The summed E-state index contributed by atoms with van der Waals surface area (Å²) in [7, 11) is 0. The number of hydrogen-bond acceptors (Lipinski definition) is 4. The molecule has 0 aromatic heterocycles. The number of rotatable bonds is 6. The predicted molar refractivity (Wildman–Crippen MR) is 83.5 cm³/mol. The summed E-state index contributed by atoms with van der Waals surface area (Å²) in [6.45, 7) is 3.10. The molecular formula is C15H20ClN3O3. The van der Waals surface area contributed by atoms with Crippen molar-refractivity contribution in [3.63, 3.8) is 0 Å². The van der Waals surface area contributed by atoms with Crippen LogP contribution in [0.3, 0.4) is 0 Å². The van der Waals surface area contributed by atoms with Gasteiger partial charge in [0.15, 0.2) is 6.10 Å². The van der Waals surface area contributed by atoms with E-state index in [1.165, 1.54) is 0 Å². The van der Waals surface area contributed by atoms with Crippen molar-refractivity contribution in [1.29, 1.82) is 0 Å². The average molecular weight is 326 g/mol. The molecule has 2 rings (SSSR count). The molecule has 1 saturated heterocycles. The number of halogens is 1. The zero-order valence-electron chi connectivity index (χ0n) is 12.2. The fraction of sp³-hybridized carbons (Fsp3) is 0.467. The lowest BCUT2D eigenvalue weighted by Gasteiger charge is -2.26. The molecule has 0 aliphatic carbocycles. The average Bonchev–Trinajstić information content (AvgIpc) is 2.51. The molecule has 0 bridgehead atoms. The molecule has 3 N–H and O–H groups in total. The van der Waals surface area contributed by atoms with Gasteiger partial charge in [-0.1, -0.05) is 23.7 Å². The molecular weight excluding hydrogens is 306 g/mol. The number of nitrogens with zero attached hydrogens (tertiary/aromatic N) is 1. The van der Waals surface area contributed by atoms with E-state index in [4.69, 9.17) is 11.6 Å². The zero-order chi connectivity index (χ0) is 15.9. The summed E-state index contributed by atoms with van der Waals surface area (Å²) in [5.41, 5.74) is 0.509. The van der Waals surface area contributed by atoms with Crippen LogP contribution in [0.15, 0.2) is 24.3 Å². The van der Waals surface area contributed by atoms with Gasteiger partial charge in [-0.2, -0.15) is 0 Å². The van der Waals surface area contributed by atoms with Crippen molar-refractivity contribution in [2.24, 2.45) is 0 Å². The Kier molecular flexibility index (Phi) is 6.18. The highest BCUT2D eigenvalue weighted by molar-refractivity contribution is 6.30. The monoisotopic (exact) mass is 325 g/mol. The SMILES string of the molecule is O=C1CN(CCCNC(=O)[C@@H](O)c2ccc(Cl)cc2)CCN1. The molecule has 120 valence electrons. The second kappa shape index (κ2) is 8.12. The number of aliphatic hydroxyl groups is 1. The van der Waals surface area contributed by atoms with Crippen LogP contribution in [0.25, 0.3) is 0 Å². The van der Waals surface area contributed by atoms with Crippen LogP contribution < -0.4 is 10.6 Å². The topological polar surface area (TPSA) is 81.7 Å². The van der Waals surface area contributed by atoms with Crippen molar-refractivity contribution in [3.05, 3.63) is 34.9 Å². The Labute approximate surface area is 134 Å². The number of benzene rings is 1. The van der Waals surface area contributed by atoms with E-state index < -0.39 is 12.0 Å². The van der Waals surface area contributed by atoms with Gasteiger partial charge < -0.3 is 15.7 Å². The smallest absolute Gasteiger partial charge is 0.253 e. The highest BCUT2D eigenvalue weighted by Gasteiger charge is 2.18. The van der Waals surface area contributed by atoms with Crippen molar-refractivity contribution in [1.82, 2.24) is 15.5 Å². The summed E-state index contributed by atoms with van der Waals surface area (Å²) in [4.78, 5) is 25.1. The van der Waals surface area contributed by atoms with Crippen molar-refractivity contribution >= 4 is 23.4 Å². The lowest BCUT2D eigenvalue weighted by Crippen LogP contribution is -2.48. The largest absolute Gasteiger partial charge is 0.378 e. The fourth-order valence-electron chi connectivity index (χ4n) is 2.29. The fourth-order valence-corrected chi connectivity index (χ4v) is 2.42. The van der Waals surface area contributed by atoms with Gasteiger partial charge >= 0.3 is 0 Å². The normalized spacial score (nSPS) is 16.9. The first-order chi connectivity index (χ1) is 10.6. The van der Waals surface area contributed by atoms with Gasteiger partial charge in [-0.15, -0.1) is 0 Å². The van der Waals surface area contributed by atoms with Crippen LogP contribution >= 0.6 is 11.6 Å². The maximum Gasteiger partial charge on any atom is 0.253 e. The molecule has 1 fully saturated rings. The Morgan fingerprint density at radius 1 is 1.41 bits per heavy atom. The number of piperazine rings is 1. The quantitative estimate of drug-likeness (QED) is 0.658. The van der Waals surface area contributed by atoms with Gasteiger partial charge in [0.1, 0.15) is 0 Å². The zero-order valence-corrected chi connectivity index (χ0v) is 13.0. The van der Waals surface area contributed by atoms with E-state index in [9.17, 15) is 14.7 Å². The maximum absolute atomic E-state index is 11.9. The van der Waals surface area contributed by atoms with Crippen LogP contribution in [0.2, 0.25) is 5.02 Å². The summed E-state index contributed by atoms with van der Waals surface area (Å²) in [5, 5.41) is 16.0. The number of aliphatic hydroxyl groups excluding tert-OH is 1. The molecule has 1 aromatic rings. The molecule has 1 aliphatic heterocycles. The molecule has 1 atom stereocenters. The third-order valence-corrected chi connectivity index (χ3v) is 3.75. The van der Waals surface area contributed by atoms with Gasteiger partial charge in [-0.25, -0.2) is 0 Å². The molecule has 6 nitrogen and oxygen atoms in total. The third-order valence-electron chi connectivity index (χ3n) is 3.50. The van der Waals surface area contributed by atoms with Crippen LogP contribution in [-0.4, -0.2) is 54.5 Å². The van der Waals surface area contributed by atoms with E-state index >= 15 is 0 Å². The van der Waals surface area contributed by atoms with E-state index in [1.807, 2.05) is 4.90 Å². The van der Waals surface area contributed by atoms with E-state index in [2.05, 4.69) is 10.6 Å². The van der Waals surface area contributed by atoms with Crippen LogP contribution in [0.1, 0.15) is 18.1 Å². The number of carbonyl (C=O) groups is 2. The maximum atomic E-state index is 11.9. The summed E-state index contributed by atoms with van der Waals surface area (Å²) >= 11 is 5.77. The molecule has 0 unspecified atom stereocenters. The second-order valence-electron chi connectivity index (χ2n) is 5.22. The predicted octanol–water partition coefficient (Wildman–Crippen LogP) is 0.312. The van der Waals surface area contributed by atoms with Crippen molar-refractivity contribution < 1.29 is 14.7 Å². The van der Waals surface area contributed by atoms with Gasteiger partial charge in [0.25, 0.3) is 5.91 Å². The summed E-state index contributed by atoms with van der Waals surface area (Å²) in [6, 6.07) is 6.52. The first kappa shape index (κ1) is 16.7. The molecule has 0 saturated carbocycles. The van der Waals surface area contributed by atoms with Crippen LogP contribution in [0, 0.1) is 0 Å². The molecule has 7 heteroatoms. The highest BCUT2D eigenvalue weighted by Crippen LogP contribution is 2.16. The number of hydrogen-bond donors (Lipinski definition) is 3. The first-order valence-electron chi connectivity index (χ1n) is 7.26. The Balaban J connectivity index is 1.68. The minimum absolute atomic E-state index is 0.0356. The molecule has 1 heterocycles. The van der Waals surface area contributed by atoms with E-state index in [1.54, 1.807) is 24.3 Å². The number of nitrogens with one attached hydrogen (secondary N) is 2. The minimum Gasteiger partial charge on any atom is -0.378 e. The van der Waals surface area contributed by atoms with Gasteiger partial charge in [0.2, 0.25) is 5.91 Å². The number of amides is 2. The van der Waals surface area contributed by atoms with E-state index in [0.717, 1.165) is 19.5 Å². The van der Waals surface area contributed by atoms with E-state index in [0.29, 0.717) is 30.2 Å². The lowest BCUT2D eigenvalue weighted by atomic mass is 10.1.